The standard InChI is InChI=1S/C28H24N2O6.ClH/c1-18(20-5-3-2-4-6-20)15-19-7-9-21(10-8-19)23-13-14-36-27(23)26(32)17-29-28(33)22-11-12-25(31)24(16-22)30(34)35;/h2-14,16,18,31H,15,17H2,1H3,(H,29,33);1H. The van der Waals surface area contributed by atoms with Crippen LogP contribution in [0.5, 0.6) is 5.75 Å². The molecule has 0 spiro atoms. The topological polar surface area (TPSA) is 123 Å². The van der Waals surface area contributed by atoms with Crippen LogP contribution < -0.4 is 5.32 Å². The third-order valence-corrected chi connectivity index (χ3v) is 5.94. The van der Waals surface area contributed by atoms with Crippen LogP contribution in [0.4, 0.5) is 5.69 Å². The van der Waals surface area contributed by atoms with Gasteiger partial charge in [-0.05, 0) is 47.2 Å². The van der Waals surface area contributed by atoms with E-state index in [-0.39, 0.29) is 30.3 Å². The number of Topliss-reactive ketones (excluding diaryl/α,β-unsaturated/α-hetero) is 1. The number of nitrogens with zero attached hydrogens (tertiary/aromatic N) is 1. The first kappa shape index (κ1) is 27.2. The molecular formula is C28H25ClN2O6. The van der Waals surface area contributed by atoms with E-state index in [9.17, 15) is 24.8 Å². The number of nitro groups is 1. The highest BCUT2D eigenvalue weighted by atomic mass is 35.5. The summed E-state index contributed by atoms with van der Waals surface area (Å²) in [6, 6.07) is 23.1. The van der Waals surface area contributed by atoms with Gasteiger partial charge in [0.1, 0.15) is 0 Å². The van der Waals surface area contributed by atoms with Gasteiger partial charge in [-0.15, -0.1) is 12.4 Å². The molecule has 1 unspecified atom stereocenters. The second-order valence-electron chi connectivity index (χ2n) is 8.44. The molecule has 1 aromatic heterocycles. The van der Waals surface area contributed by atoms with Gasteiger partial charge in [-0.3, -0.25) is 19.7 Å². The Balaban J connectivity index is 0.00000380. The Morgan fingerprint density at radius 1 is 1.03 bits per heavy atom. The van der Waals surface area contributed by atoms with E-state index in [2.05, 4.69) is 24.4 Å². The fourth-order valence-electron chi connectivity index (χ4n) is 3.98. The molecule has 0 bridgehead atoms. The van der Waals surface area contributed by atoms with Crippen LogP contribution >= 0.6 is 12.4 Å². The number of ketones is 1. The van der Waals surface area contributed by atoms with Crippen molar-refractivity contribution < 1.29 is 24.0 Å². The summed E-state index contributed by atoms with van der Waals surface area (Å²) in [5.74, 6) is -1.21. The number of phenols is 1. The first-order valence-corrected chi connectivity index (χ1v) is 11.3. The van der Waals surface area contributed by atoms with Crippen molar-refractivity contribution >= 4 is 29.8 Å². The van der Waals surface area contributed by atoms with Crippen LogP contribution in [-0.4, -0.2) is 28.3 Å². The molecule has 0 fully saturated rings. The maximum Gasteiger partial charge on any atom is 0.311 e. The van der Waals surface area contributed by atoms with E-state index >= 15 is 0 Å². The van der Waals surface area contributed by atoms with Crippen LogP contribution in [-0.2, 0) is 6.42 Å². The van der Waals surface area contributed by atoms with E-state index in [1.807, 2.05) is 42.5 Å². The SMILES string of the molecule is CC(Cc1ccc(-c2ccoc2C(=O)CNC(=O)c2ccc(O)c([N+](=O)[O-])c2)cc1)c1ccccc1.Cl. The molecule has 190 valence electrons. The third kappa shape index (κ3) is 6.42. The van der Waals surface area contributed by atoms with E-state index in [1.165, 1.54) is 23.5 Å². The number of hydrogen-bond donors (Lipinski definition) is 2. The van der Waals surface area contributed by atoms with E-state index in [0.717, 1.165) is 24.1 Å². The Labute approximate surface area is 219 Å². The van der Waals surface area contributed by atoms with Gasteiger partial charge in [0.15, 0.2) is 11.5 Å². The minimum absolute atomic E-state index is 0. The summed E-state index contributed by atoms with van der Waals surface area (Å²) in [5.41, 5.74) is 3.21. The zero-order valence-electron chi connectivity index (χ0n) is 19.9. The smallest absolute Gasteiger partial charge is 0.311 e. The molecule has 8 nitrogen and oxygen atoms in total. The summed E-state index contributed by atoms with van der Waals surface area (Å²) in [7, 11) is 0. The molecule has 0 radical (unpaired) electrons. The molecular weight excluding hydrogens is 496 g/mol. The van der Waals surface area contributed by atoms with Crippen LogP contribution in [0.2, 0.25) is 0 Å². The van der Waals surface area contributed by atoms with Crippen LogP contribution in [0.15, 0.2) is 89.5 Å². The molecule has 0 aliphatic heterocycles. The molecule has 0 saturated heterocycles. The lowest BCUT2D eigenvalue weighted by atomic mass is 9.93. The first-order chi connectivity index (χ1) is 17.3. The number of benzene rings is 3. The van der Waals surface area contributed by atoms with Crippen molar-refractivity contribution in [2.75, 3.05) is 6.54 Å². The Kier molecular flexibility index (Phi) is 8.81. The zero-order valence-corrected chi connectivity index (χ0v) is 20.7. The van der Waals surface area contributed by atoms with Gasteiger partial charge in [-0.25, -0.2) is 0 Å². The second-order valence-corrected chi connectivity index (χ2v) is 8.44. The predicted molar refractivity (Wildman–Crippen MR) is 141 cm³/mol. The number of amides is 1. The van der Waals surface area contributed by atoms with Gasteiger partial charge in [0.25, 0.3) is 5.91 Å². The van der Waals surface area contributed by atoms with E-state index in [4.69, 9.17) is 4.42 Å². The molecule has 0 aliphatic carbocycles. The zero-order chi connectivity index (χ0) is 25.7. The number of phenolic OH excluding ortho intramolecular Hbond substituents is 1. The van der Waals surface area contributed by atoms with Crippen molar-refractivity contribution in [1.82, 2.24) is 5.32 Å². The van der Waals surface area contributed by atoms with E-state index < -0.39 is 28.1 Å². The number of rotatable bonds is 9. The Morgan fingerprint density at radius 2 is 1.73 bits per heavy atom. The minimum Gasteiger partial charge on any atom is -0.502 e. The minimum atomic E-state index is -0.792. The Morgan fingerprint density at radius 3 is 2.41 bits per heavy atom. The van der Waals surface area contributed by atoms with Gasteiger partial charge in [-0.2, -0.15) is 0 Å². The molecule has 37 heavy (non-hydrogen) atoms. The largest absolute Gasteiger partial charge is 0.502 e. The first-order valence-electron chi connectivity index (χ1n) is 11.3. The number of carbonyl (C=O) groups is 2. The fourth-order valence-corrected chi connectivity index (χ4v) is 3.98. The summed E-state index contributed by atoms with van der Waals surface area (Å²) in [5, 5.41) is 23.0. The Bertz CT molecular complexity index is 1400. The van der Waals surface area contributed by atoms with Crippen LogP contribution in [0.1, 0.15) is 44.9 Å². The van der Waals surface area contributed by atoms with Crippen molar-refractivity contribution in [2.45, 2.75) is 19.3 Å². The molecule has 1 amide bonds. The van der Waals surface area contributed by atoms with Crippen LogP contribution in [0, 0.1) is 10.1 Å². The van der Waals surface area contributed by atoms with E-state index in [1.54, 1.807) is 6.07 Å². The maximum absolute atomic E-state index is 12.8. The number of furan rings is 1. The van der Waals surface area contributed by atoms with Crippen molar-refractivity contribution in [3.05, 3.63) is 118 Å². The molecule has 0 aliphatic rings. The molecule has 9 heteroatoms. The third-order valence-electron chi connectivity index (χ3n) is 5.94. The lowest BCUT2D eigenvalue weighted by Crippen LogP contribution is -2.29. The van der Waals surface area contributed by atoms with Gasteiger partial charge >= 0.3 is 5.69 Å². The lowest BCUT2D eigenvalue weighted by molar-refractivity contribution is -0.385. The molecule has 1 atom stereocenters. The number of halogens is 1. The number of nitrogens with one attached hydrogen (secondary N) is 1. The summed E-state index contributed by atoms with van der Waals surface area (Å²) in [6.45, 7) is 1.82. The number of carbonyl (C=O) groups excluding carboxylic acids is 2. The highest BCUT2D eigenvalue weighted by Crippen LogP contribution is 2.28. The van der Waals surface area contributed by atoms with Gasteiger partial charge in [0.05, 0.1) is 17.7 Å². The summed E-state index contributed by atoms with van der Waals surface area (Å²) < 4.78 is 5.41. The number of aromatic hydroxyl groups is 1. The fraction of sp³-hybridized carbons (Fsp3) is 0.143. The lowest BCUT2D eigenvalue weighted by Gasteiger charge is -2.12. The van der Waals surface area contributed by atoms with Gasteiger partial charge in [-0.1, -0.05) is 61.5 Å². The van der Waals surface area contributed by atoms with E-state index in [0.29, 0.717) is 11.5 Å². The quantitative estimate of drug-likeness (QED) is 0.160. The molecule has 4 rings (SSSR count). The van der Waals surface area contributed by atoms with Crippen molar-refractivity contribution in [3.63, 3.8) is 0 Å². The van der Waals surface area contributed by atoms with Gasteiger partial charge in [0.2, 0.25) is 5.78 Å². The molecule has 2 N–H and O–H groups in total. The maximum atomic E-state index is 12.8. The Hall–Kier alpha value is -4.43. The number of nitro benzene ring substituents is 1. The van der Waals surface area contributed by atoms with Gasteiger partial charge < -0.3 is 14.8 Å². The van der Waals surface area contributed by atoms with Crippen molar-refractivity contribution in [1.29, 1.82) is 0 Å². The molecule has 0 saturated carbocycles. The average Bonchev–Trinajstić information content (AvgIpc) is 3.38. The van der Waals surface area contributed by atoms with Crippen LogP contribution in [0.3, 0.4) is 0 Å². The highest BCUT2D eigenvalue weighted by Gasteiger charge is 2.20. The normalized spacial score (nSPS) is 11.3. The molecule has 3 aromatic carbocycles. The summed E-state index contributed by atoms with van der Waals surface area (Å²) in [6.07, 6.45) is 2.29. The van der Waals surface area contributed by atoms with Crippen molar-refractivity contribution in [3.8, 4) is 16.9 Å². The van der Waals surface area contributed by atoms with Crippen LogP contribution in [0.25, 0.3) is 11.1 Å². The second kappa shape index (κ2) is 12.0. The summed E-state index contributed by atoms with van der Waals surface area (Å²) >= 11 is 0. The molecule has 4 aromatic rings. The number of hydrogen-bond acceptors (Lipinski definition) is 6. The predicted octanol–water partition coefficient (Wildman–Crippen LogP) is 5.94. The highest BCUT2D eigenvalue weighted by molar-refractivity contribution is 6.04. The monoisotopic (exact) mass is 520 g/mol. The van der Waals surface area contributed by atoms with Gasteiger partial charge in [0, 0.05) is 17.2 Å². The average molecular weight is 521 g/mol. The summed E-state index contributed by atoms with van der Waals surface area (Å²) in [4.78, 5) is 35.4. The van der Waals surface area contributed by atoms with Crippen molar-refractivity contribution in [2.24, 2.45) is 0 Å². The molecule has 1 heterocycles.